The summed E-state index contributed by atoms with van der Waals surface area (Å²) in [5.41, 5.74) is 1.32. The third-order valence-corrected chi connectivity index (χ3v) is 6.33. The fourth-order valence-electron chi connectivity index (χ4n) is 2.71. The average molecular weight is 440 g/mol. The molecule has 3 rings (SSSR count). The molecule has 3 aromatic rings. The minimum Gasteiger partial charge on any atom is -0.493 e. The smallest absolute Gasteiger partial charge is 0.216 e. The van der Waals surface area contributed by atoms with Gasteiger partial charge in [0.2, 0.25) is 9.84 Å². The highest BCUT2D eigenvalue weighted by atomic mass is 35.5. The zero-order valence-corrected chi connectivity index (χ0v) is 17.7. The van der Waals surface area contributed by atoms with Crippen LogP contribution in [0.15, 0.2) is 82.6 Å². The number of rotatable bonds is 7. The number of nitrogens with zero attached hydrogens (tertiary/aromatic N) is 1. The molecule has 0 aromatic heterocycles. The van der Waals surface area contributed by atoms with Gasteiger partial charge in [0, 0.05) is 10.6 Å². The van der Waals surface area contributed by atoms with Gasteiger partial charge in [-0.15, -0.1) is 0 Å². The van der Waals surface area contributed by atoms with E-state index in [0.717, 1.165) is 5.56 Å². The summed E-state index contributed by atoms with van der Waals surface area (Å²) in [6.45, 7) is 0.247. The molecule has 3 aromatic carbocycles. The Balaban J connectivity index is 1.88. The Morgan fingerprint density at radius 1 is 1.03 bits per heavy atom. The number of hydrogen-bond acceptors (Lipinski definition) is 5. The topological polar surface area (TPSA) is 76.4 Å². The van der Waals surface area contributed by atoms with Crippen LogP contribution < -0.4 is 9.47 Å². The molecule has 5 nitrogen and oxygen atoms in total. The standard InChI is InChI=1S/C23H18ClNO4S/c1-28-23-14-17(11-12-22(23)29-16-18-7-5-6-10-21(18)24)13-20(15-25)30(26,27)19-8-3-2-4-9-19/h2-14H,16H2,1H3. The Morgan fingerprint density at radius 3 is 2.40 bits per heavy atom. The van der Waals surface area contributed by atoms with Gasteiger partial charge < -0.3 is 9.47 Å². The maximum Gasteiger partial charge on any atom is 0.216 e. The Morgan fingerprint density at radius 2 is 1.73 bits per heavy atom. The lowest BCUT2D eigenvalue weighted by molar-refractivity contribution is 0.284. The lowest BCUT2D eigenvalue weighted by Gasteiger charge is -2.12. The van der Waals surface area contributed by atoms with Crippen molar-refractivity contribution in [2.24, 2.45) is 0 Å². The van der Waals surface area contributed by atoms with Crippen molar-refractivity contribution in [2.45, 2.75) is 11.5 Å². The summed E-state index contributed by atoms with van der Waals surface area (Å²) in [5.74, 6) is 0.879. The van der Waals surface area contributed by atoms with Crippen molar-refractivity contribution in [3.63, 3.8) is 0 Å². The predicted molar refractivity (Wildman–Crippen MR) is 116 cm³/mol. The van der Waals surface area contributed by atoms with Crippen LogP contribution in [0.2, 0.25) is 5.02 Å². The molecule has 0 atom stereocenters. The van der Waals surface area contributed by atoms with Crippen LogP contribution in [0.1, 0.15) is 11.1 Å². The van der Waals surface area contributed by atoms with Gasteiger partial charge in [-0.3, -0.25) is 0 Å². The summed E-state index contributed by atoms with van der Waals surface area (Å²) in [7, 11) is -2.43. The van der Waals surface area contributed by atoms with Crippen molar-refractivity contribution in [1.29, 1.82) is 5.26 Å². The summed E-state index contributed by atoms with van der Waals surface area (Å²) in [6.07, 6.45) is 1.31. The van der Waals surface area contributed by atoms with E-state index in [4.69, 9.17) is 21.1 Å². The van der Waals surface area contributed by atoms with Crippen molar-refractivity contribution in [3.05, 3.63) is 93.9 Å². The van der Waals surface area contributed by atoms with Gasteiger partial charge in [-0.05, 0) is 42.0 Å². The molecular formula is C23H18ClNO4S. The van der Waals surface area contributed by atoms with Crippen LogP contribution in [-0.2, 0) is 16.4 Å². The first kappa shape index (κ1) is 21.4. The Kier molecular flexibility index (Phi) is 6.78. The van der Waals surface area contributed by atoms with Crippen LogP contribution in [0.3, 0.4) is 0 Å². The Hall–Kier alpha value is -3.27. The largest absolute Gasteiger partial charge is 0.493 e. The summed E-state index contributed by atoms with van der Waals surface area (Å²) in [4.78, 5) is -0.301. The molecule has 0 radical (unpaired) electrons. The highest BCUT2D eigenvalue weighted by Crippen LogP contribution is 2.31. The van der Waals surface area contributed by atoms with E-state index in [0.29, 0.717) is 22.1 Å². The molecule has 0 fully saturated rings. The molecule has 30 heavy (non-hydrogen) atoms. The number of sulfone groups is 1. The highest BCUT2D eigenvalue weighted by molar-refractivity contribution is 7.95. The van der Waals surface area contributed by atoms with Gasteiger partial charge in [0.1, 0.15) is 17.6 Å². The predicted octanol–water partition coefficient (Wildman–Crippen LogP) is 5.27. The summed E-state index contributed by atoms with van der Waals surface area (Å²) in [5, 5.41) is 10.0. The molecule has 0 bridgehead atoms. The SMILES string of the molecule is COc1cc(C=C(C#N)S(=O)(=O)c2ccccc2)ccc1OCc1ccccc1Cl. The molecule has 0 spiro atoms. The minimum atomic E-state index is -3.92. The van der Waals surface area contributed by atoms with Crippen LogP contribution in [0.25, 0.3) is 6.08 Å². The molecule has 7 heteroatoms. The van der Waals surface area contributed by atoms with Gasteiger partial charge in [-0.1, -0.05) is 54.1 Å². The average Bonchev–Trinajstić information content (AvgIpc) is 2.77. The van der Waals surface area contributed by atoms with Gasteiger partial charge in [-0.2, -0.15) is 5.26 Å². The van der Waals surface area contributed by atoms with Crippen LogP contribution in [0, 0.1) is 11.3 Å². The van der Waals surface area contributed by atoms with Gasteiger partial charge in [-0.25, -0.2) is 8.42 Å². The number of hydrogen-bond donors (Lipinski definition) is 0. The van der Waals surface area contributed by atoms with E-state index < -0.39 is 9.84 Å². The lowest BCUT2D eigenvalue weighted by Crippen LogP contribution is -2.03. The zero-order valence-electron chi connectivity index (χ0n) is 16.1. The molecular weight excluding hydrogens is 422 g/mol. The fraction of sp³-hybridized carbons (Fsp3) is 0.0870. The summed E-state index contributed by atoms with van der Waals surface area (Å²) >= 11 is 6.15. The first-order valence-electron chi connectivity index (χ1n) is 8.92. The molecule has 0 aliphatic heterocycles. The van der Waals surface area contributed by atoms with E-state index in [9.17, 15) is 13.7 Å². The quantitative estimate of drug-likeness (QED) is 0.469. The van der Waals surface area contributed by atoms with Crippen LogP contribution >= 0.6 is 11.6 Å². The Labute approximate surface area is 180 Å². The van der Waals surface area contributed by atoms with Gasteiger partial charge >= 0.3 is 0 Å². The monoisotopic (exact) mass is 439 g/mol. The molecule has 152 valence electrons. The van der Waals surface area contributed by atoms with E-state index in [2.05, 4.69) is 0 Å². The summed E-state index contributed by atoms with van der Waals surface area (Å²) in [6, 6.07) is 21.9. The van der Waals surface area contributed by atoms with Gasteiger partial charge in [0.05, 0.1) is 12.0 Å². The number of methoxy groups -OCH3 is 1. The van der Waals surface area contributed by atoms with Crippen molar-refractivity contribution >= 4 is 27.5 Å². The number of halogens is 1. The molecule has 0 N–H and O–H groups in total. The second-order valence-electron chi connectivity index (χ2n) is 6.23. The Bertz CT molecular complexity index is 1220. The van der Waals surface area contributed by atoms with Gasteiger partial charge in [0.25, 0.3) is 0 Å². The molecule has 0 saturated heterocycles. The molecule has 0 saturated carbocycles. The molecule has 0 amide bonds. The molecule has 0 heterocycles. The second-order valence-corrected chi connectivity index (χ2v) is 8.55. The zero-order chi connectivity index (χ0) is 21.6. The third-order valence-electron chi connectivity index (χ3n) is 4.28. The number of allylic oxidation sites excluding steroid dienone is 1. The van der Waals surface area contributed by atoms with E-state index in [-0.39, 0.29) is 16.4 Å². The third kappa shape index (κ3) is 4.82. The van der Waals surface area contributed by atoms with E-state index in [1.165, 1.54) is 25.3 Å². The van der Waals surface area contributed by atoms with Crippen molar-refractivity contribution < 1.29 is 17.9 Å². The van der Waals surface area contributed by atoms with Gasteiger partial charge in [0.15, 0.2) is 11.5 Å². The van der Waals surface area contributed by atoms with Crippen LogP contribution in [0.5, 0.6) is 11.5 Å². The van der Waals surface area contributed by atoms with Crippen molar-refractivity contribution in [3.8, 4) is 17.6 Å². The number of benzene rings is 3. The van der Waals surface area contributed by atoms with Crippen LogP contribution in [0.4, 0.5) is 0 Å². The molecule has 0 aliphatic rings. The van der Waals surface area contributed by atoms with Crippen molar-refractivity contribution in [2.75, 3.05) is 7.11 Å². The minimum absolute atomic E-state index is 0.0597. The fourth-order valence-corrected chi connectivity index (χ4v) is 4.08. The highest BCUT2D eigenvalue weighted by Gasteiger charge is 2.20. The van der Waals surface area contributed by atoms with Crippen molar-refractivity contribution in [1.82, 2.24) is 0 Å². The molecule has 0 aliphatic carbocycles. The second kappa shape index (κ2) is 9.49. The lowest BCUT2D eigenvalue weighted by atomic mass is 10.2. The van der Waals surface area contributed by atoms with E-state index in [1.54, 1.807) is 48.5 Å². The normalized spacial score (nSPS) is 11.6. The maximum absolute atomic E-state index is 12.7. The molecule has 0 unspecified atom stereocenters. The first-order valence-corrected chi connectivity index (χ1v) is 10.8. The maximum atomic E-state index is 12.7. The number of nitriles is 1. The van der Waals surface area contributed by atoms with E-state index in [1.807, 2.05) is 18.2 Å². The number of ether oxygens (including phenoxy) is 2. The summed E-state index contributed by atoms with van der Waals surface area (Å²) < 4.78 is 36.6. The van der Waals surface area contributed by atoms with E-state index >= 15 is 0 Å². The first-order chi connectivity index (χ1) is 14.5. The van der Waals surface area contributed by atoms with Crippen LogP contribution in [-0.4, -0.2) is 15.5 Å².